The lowest BCUT2D eigenvalue weighted by atomic mass is 9.94. The lowest BCUT2D eigenvalue weighted by Crippen LogP contribution is -2.68. The van der Waals surface area contributed by atoms with Crippen LogP contribution in [0.25, 0.3) is 10.8 Å². The zero-order valence-corrected chi connectivity index (χ0v) is 36.3. The molecule has 0 saturated carbocycles. The molecule has 1 amide bonds. The Bertz CT molecular complexity index is 2530. The van der Waals surface area contributed by atoms with E-state index in [1.54, 1.807) is 60.7 Å². The van der Waals surface area contributed by atoms with Gasteiger partial charge in [0, 0.05) is 6.92 Å². The van der Waals surface area contributed by atoms with E-state index in [-0.39, 0.29) is 33.0 Å². The highest BCUT2D eigenvalue weighted by Gasteiger charge is 2.57. The maximum Gasteiger partial charge on any atom is 0.338 e. The van der Waals surface area contributed by atoms with Crippen LogP contribution in [0, 0.1) is 0 Å². The molecule has 66 heavy (non-hydrogen) atoms. The van der Waals surface area contributed by atoms with Gasteiger partial charge in [0.05, 0.1) is 44.2 Å². The largest absolute Gasteiger partial charge is 0.453 e. The summed E-state index contributed by atoms with van der Waals surface area (Å²) in [5.41, 5.74) is 3.28. The number of amides is 1. The average molecular weight is 894 g/mol. The number of ether oxygens (including phenoxy) is 9. The number of rotatable bonds is 17. The van der Waals surface area contributed by atoms with Crippen LogP contribution in [0.1, 0.15) is 44.3 Å². The number of carbonyl (C=O) groups excluding carboxylic acids is 3. The summed E-state index contributed by atoms with van der Waals surface area (Å²) >= 11 is 0. The molecule has 0 aliphatic carbocycles. The van der Waals surface area contributed by atoms with Crippen LogP contribution in [0.15, 0.2) is 164 Å². The second-order valence-electron chi connectivity index (χ2n) is 16.4. The molecule has 3 saturated heterocycles. The maximum atomic E-state index is 14.1. The highest BCUT2D eigenvalue weighted by atomic mass is 16.8. The van der Waals surface area contributed by atoms with Gasteiger partial charge in [0.1, 0.15) is 36.6 Å². The van der Waals surface area contributed by atoms with Crippen molar-refractivity contribution in [2.75, 3.05) is 13.2 Å². The standard InChI is InChI=1S/C53H51NO12/c1-34(55)54-44-47(64-50(56)39-21-10-4-11-22-39)45(59-31-37-26-27-38-20-14-15-25-41(38)28-37)42(32-58-29-35-16-6-2-7-17-35)62-52(44)66-46-43-33-61-53(63-43)49(65-51(57)40-23-12-5-13-24-40)48(46)60-30-36-18-8-3-9-19-36/h2-28,42-49,52-53H,29-33H2,1H3,(H,54,55)/t42-,43+,44-,45-,46-,47-,48+,49-,52-,53+/m1/s1. The third-order valence-corrected chi connectivity index (χ3v) is 11.8. The fourth-order valence-electron chi connectivity index (χ4n) is 8.54. The first-order chi connectivity index (χ1) is 32.4. The third kappa shape index (κ3) is 10.9. The summed E-state index contributed by atoms with van der Waals surface area (Å²) in [7, 11) is 0. The molecule has 9 rings (SSSR count). The Hall–Kier alpha value is -6.29. The molecular formula is C53H51NO12. The van der Waals surface area contributed by atoms with Gasteiger partial charge in [-0.15, -0.1) is 0 Å². The van der Waals surface area contributed by atoms with Gasteiger partial charge in [-0.1, -0.05) is 133 Å². The molecule has 0 aromatic heterocycles. The number of nitrogens with one attached hydrogen (secondary N) is 1. The molecule has 340 valence electrons. The molecule has 1 N–H and O–H groups in total. The molecule has 3 aliphatic rings. The minimum atomic E-state index is -1.33. The van der Waals surface area contributed by atoms with Crippen LogP contribution in [0.2, 0.25) is 0 Å². The van der Waals surface area contributed by atoms with Crippen molar-refractivity contribution in [2.45, 2.75) is 88.1 Å². The fourth-order valence-corrected chi connectivity index (χ4v) is 8.54. The van der Waals surface area contributed by atoms with Gasteiger partial charge in [-0.3, -0.25) is 4.79 Å². The van der Waals surface area contributed by atoms with E-state index in [4.69, 9.17) is 42.6 Å². The van der Waals surface area contributed by atoms with Crippen LogP contribution in [0.3, 0.4) is 0 Å². The second kappa shape index (κ2) is 21.3. The van der Waals surface area contributed by atoms with Crippen molar-refractivity contribution in [1.82, 2.24) is 5.32 Å². The Balaban J connectivity index is 1.07. The Kier molecular flexibility index (Phi) is 14.5. The molecule has 6 aromatic carbocycles. The van der Waals surface area contributed by atoms with Crippen molar-refractivity contribution in [3.05, 3.63) is 192 Å². The number of hydrogen-bond donors (Lipinski definition) is 1. The third-order valence-electron chi connectivity index (χ3n) is 11.8. The van der Waals surface area contributed by atoms with E-state index in [1.165, 1.54) is 6.92 Å². The highest BCUT2D eigenvalue weighted by molar-refractivity contribution is 5.90. The summed E-state index contributed by atoms with van der Waals surface area (Å²) in [5, 5.41) is 5.08. The molecule has 3 aliphatic heterocycles. The van der Waals surface area contributed by atoms with Gasteiger partial charge in [-0.2, -0.15) is 0 Å². The normalized spacial score (nSPS) is 25.8. The van der Waals surface area contributed by atoms with Gasteiger partial charge in [-0.05, 0) is 57.8 Å². The average Bonchev–Trinajstić information content (AvgIpc) is 3.80. The molecule has 13 nitrogen and oxygen atoms in total. The van der Waals surface area contributed by atoms with Crippen LogP contribution in [-0.2, 0) is 67.2 Å². The van der Waals surface area contributed by atoms with Crippen LogP contribution >= 0.6 is 0 Å². The summed E-state index contributed by atoms with van der Waals surface area (Å²) in [6.07, 6.45) is -9.20. The highest BCUT2D eigenvalue weighted by Crippen LogP contribution is 2.38. The summed E-state index contributed by atoms with van der Waals surface area (Å²) in [6.45, 7) is 1.89. The predicted octanol–water partition coefficient (Wildman–Crippen LogP) is 7.35. The first kappa shape index (κ1) is 44.9. The molecule has 6 aromatic rings. The molecule has 2 bridgehead atoms. The van der Waals surface area contributed by atoms with Crippen molar-refractivity contribution in [2.24, 2.45) is 0 Å². The topological polar surface area (TPSA) is 146 Å². The van der Waals surface area contributed by atoms with Gasteiger partial charge < -0.3 is 47.9 Å². The molecule has 3 heterocycles. The molecule has 10 atom stereocenters. The van der Waals surface area contributed by atoms with E-state index < -0.39 is 79.2 Å². The Labute approximate surface area is 382 Å². The van der Waals surface area contributed by atoms with Crippen molar-refractivity contribution in [3.63, 3.8) is 0 Å². The van der Waals surface area contributed by atoms with Crippen molar-refractivity contribution < 1.29 is 57.0 Å². The van der Waals surface area contributed by atoms with E-state index in [9.17, 15) is 14.4 Å². The zero-order valence-electron chi connectivity index (χ0n) is 36.3. The van der Waals surface area contributed by atoms with Gasteiger partial charge in [0.15, 0.2) is 24.8 Å². The van der Waals surface area contributed by atoms with Crippen LogP contribution < -0.4 is 5.32 Å². The summed E-state index contributed by atoms with van der Waals surface area (Å²) in [5.74, 6) is -1.70. The van der Waals surface area contributed by atoms with E-state index in [0.717, 1.165) is 27.5 Å². The molecule has 0 unspecified atom stereocenters. The lowest BCUT2D eigenvalue weighted by Gasteiger charge is -2.48. The Morgan fingerprint density at radius 1 is 0.561 bits per heavy atom. The van der Waals surface area contributed by atoms with Crippen molar-refractivity contribution in [1.29, 1.82) is 0 Å². The quantitative estimate of drug-likeness (QED) is 0.0914. The first-order valence-electron chi connectivity index (χ1n) is 22.1. The number of hydrogen-bond acceptors (Lipinski definition) is 12. The lowest BCUT2D eigenvalue weighted by molar-refractivity contribution is -0.326. The number of benzene rings is 6. The maximum absolute atomic E-state index is 14.1. The molecule has 3 fully saturated rings. The smallest absolute Gasteiger partial charge is 0.338 e. The first-order valence-corrected chi connectivity index (χ1v) is 22.1. The summed E-state index contributed by atoms with van der Waals surface area (Å²) < 4.78 is 58.7. The van der Waals surface area contributed by atoms with Gasteiger partial charge in [0.25, 0.3) is 0 Å². The SMILES string of the molecule is CC(=O)N[C@H]1[C@@H](O[C@H]2[C@H](OCc3ccccc3)[C@@H](OC(=O)c3ccccc3)[C@H]3OC[C@@H]2O3)O[C@H](COCc2ccccc2)[C@@H](OCc2ccc3ccccc3c2)[C@@H]1OC(=O)c1ccccc1. The van der Waals surface area contributed by atoms with E-state index in [1.807, 2.05) is 103 Å². The molecule has 13 heteroatoms. The van der Waals surface area contributed by atoms with Gasteiger partial charge in [0.2, 0.25) is 5.91 Å². The van der Waals surface area contributed by atoms with Gasteiger partial charge >= 0.3 is 11.9 Å². The summed E-state index contributed by atoms with van der Waals surface area (Å²) in [6, 6.07) is 49.3. The Morgan fingerprint density at radius 2 is 1.12 bits per heavy atom. The van der Waals surface area contributed by atoms with E-state index >= 15 is 0 Å². The number of carbonyl (C=O) groups is 3. The van der Waals surface area contributed by atoms with E-state index in [2.05, 4.69) is 5.32 Å². The number of esters is 2. The zero-order chi connectivity index (χ0) is 45.2. The number of fused-ring (bicyclic) bond motifs is 3. The molecule has 0 radical (unpaired) electrons. The molecule has 0 spiro atoms. The predicted molar refractivity (Wildman–Crippen MR) is 241 cm³/mol. The second-order valence-corrected chi connectivity index (χ2v) is 16.4. The van der Waals surface area contributed by atoms with Crippen LogP contribution in [-0.4, -0.2) is 92.4 Å². The van der Waals surface area contributed by atoms with Crippen LogP contribution in [0.5, 0.6) is 0 Å². The van der Waals surface area contributed by atoms with Crippen molar-refractivity contribution in [3.8, 4) is 0 Å². The van der Waals surface area contributed by atoms with Gasteiger partial charge in [-0.25, -0.2) is 9.59 Å². The molecular weight excluding hydrogens is 843 g/mol. The Morgan fingerprint density at radius 3 is 1.77 bits per heavy atom. The van der Waals surface area contributed by atoms with Crippen LogP contribution in [0.4, 0.5) is 0 Å². The summed E-state index contributed by atoms with van der Waals surface area (Å²) in [4.78, 5) is 41.1. The fraction of sp³-hybridized carbons (Fsp3) is 0.302. The monoisotopic (exact) mass is 893 g/mol. The van der Waals surface area contributed by atoms with Crippen molar-refractivity contribution >= 4 is 28.6 Å². The minimum absolute atomic E-state index is 0.0235. The van der Waals surface area contributed by atoms with E-state index in [0.29, 0.717) is 11.1 Å². The minimum Gasteiger partial charge on any atom is -0.453 e.